The number of rotatable bonds is 9. The summed E-state index contributed by atoms with van der Waals surface area (Å²) in [7, 11) is 7.17. The lowest BCUT2D eigenvalue weighted by atomic mass is 9.85. The molecule has 5 aromatic rings. The first-order chi connectivity index (χ1) is 26.6. The van der Waals surface area contributed by atoms with Crippen molar-refractivity contribution in [3.05, 3.63) is 59.0 Å². The van der Waals surface area contributed by atoms with Crippen LogP contribution in [0.1, 0.15) is 67.4 Å². The van der Waals surface area contributed by atoms with Crippen molar-refractivity contribution < 1.29 is 19.1 Å². The first-order valence-electron chi connectivity index (χ1n) is 19.1. The van der Waals surface area contributed by atoms with E-state index in [0.717, 1.165) is 74.1 Å². The lowest BCUT2D eigenvalue weighted by Gasteiger charge is -2.38. The van der Waals surface area contributed by atoms with Crippen molar-refractivity contribution in [2.75, 3.05) is 56.0 Å². The number of fused-ring (bicyclic) bond motifs is 4. The molecule has 1 aliphatic carbocycles. The van der Waals surface area contributed by atoms with Crippen molar-refractivity contribution in [1.29, 1.82) is 0 Å². The number of aromatic nitrogens is 7. The number of piperidine rings is 1. The van der Waals surface area contributed by atoms with Gasteiger partial charge in [0.2, 0.25) is 11.8 Å². The van der Waals surface area contributed by atoms with E-state index in [1.807, 2.05) is 48.2 Å². The van der Waals surface area contributed by atoms with Gasteiger partial charge in [0.15, 0.2) is 5.65 Å². The van der Waals surface area contributed by atoms with Gasteiger partial charge in [0.05, 0.1) is 60.3 Å². The number of amides is 3. The Morgan fingerprint density at radius 2 is 1.84 bits per heavy atom. The number of nitrogens with zero attached hydrogens (tertiary/aromatic N) is 10. The van der Waals surface area contributed by atoms with Crippen LogP contribution in [0, 0.1) is 5.92 Å². The number of ether oxygens (including phenoxy) is 1. The van der Waals surface area contributed by atoms with E-state index >= 15 is 0 Å². The second-order valence-corrected chi connectivity index (χ2v) is 15.7. The lowest BCUT2D eigenvalue weighted by Crippen LogP contribution is -2.48. The van der Waals surface area contributed by atoms with Crippen molar-refractivity contribution in [2.24, 2.45) is 13.0 Å². The number of methoxy groups -OCH3 is 1. The van der Waals surface area contributed by atoms with E-state index in [9.17, 15) is 19.2 Å². The molecule has 9 rings (SSSR count). The van der Waals surface area contributed by atoms with Crippen LogP contribution in [0.4, 0.5) is 17.1 Å². The molecule has 4 fully saturated rings. The highest BCUT2D eigenvalue weighted by molar-refractivity contribution is 6.08. The van der Waals surface area contributed by atoms with Crippen LogP contribution in [0.15, 0.2) is 47.8 Å². The Hall–Kier alpha value is -5.71. The first kappa shape index (κ1) is 35.0. The molecule has 0 spiro atoms. The highest BCUT2D eigenvalue weighted by Gasteiger charge is 2.45. The topological polar surface area (TPSA) is 169 Å². The minimum absolute atomic E-state index is 0.212. The zero-order chi connectivity index (χ0) is 38.1. The van der Waals surface area contributed by atoms with Gasteiger partial charge in [-0.05, 0) is 56.6 Å². The number of likely N-dealkylation sites (tertiary alicyclic amines) is 1. The van der Waals surface area contributed by atoms with E-state index in [2.05, 4.69) is 36.6 Å². The number of piperazine rings is 1. The Kier molecular flexibility index (Phi) is 8.62. The summed E-state index contributed by atoms with van der Waals surface area (Å²) in [6, 6.07) is 6.25. The maximum atomic E-state index is 13.5. The van der Waals surface area contributed by atoms with Gasteiger partial charge in [0.1, 0.15) is 17.3 Å². The van der Waals surface area contributed by atoms with E-state index in [1.165, 1.54) is 6.20 Å². The van der Waals surface area contributed by atoms with Gasteiger partial charge in [0, 0.05) is 59.3 Å². The molecule has 3 unspecified atom stereocenters. The normalized spacial score (nSPS) is 24.2. The van der Waals surface area contributed by atoms with E-state index in [1.54, 1.807) is 34.0 Å². The SMILES string of the molecule is COc1nn([C@H]2CC[C@H](CN3CC4CC3CN4c3cccc4c3n(C)c(=O)n4C3CCC(=O)NC3=O)CC2)cc1NC(=O)c1cnn2cc(N(C)C)cnc12. The number of carbonyl (C=O) groups is 3. The third-order valence-electron chi connectivity index (χ3n) is 12.2. The van der Waals surface area contributed by atoms with Gasteiger partial charge in [-0.1, -0.05) is 6.07 Å². The quantitative estimate of drug-likeness (QED) is 0.213. The van der Waals surface area contributed by atoms with Crippen LogP contribution in [0.25, 0.3) is 16.7 Å². The van der Waals surface area contributed by atoms with Crippen LogP contribution in [-0.4, -0.2) is 109 Å². The van der Waals surface area contributed by atoms with Crippen molar-refractivity contribution >= 4 is 51.5 Å². The second-order valence-electron chi connectivity index (χ2n) is 15.7. The number of benzene rings is 1. The van der Waals surface area contributed by atoms with E-state index in [4.69, 9.17) is 9.84 Å². The van der Waals surface area contributed by atoms with Gasteiger partial charge in [-0.2, -0.15) is 5.10 Å². The van der Waals surface area contributed by atoms with Crippen molar-refractivity contribution in [2.45, 2.75) is 69.1 Å². The van der Waals surface area contributed by atoms with E-state index in [0.29, 0.717) is 47.2 Å². The summed E-state index contributed by atoms with van der Waals surface area (Å²) in [5.41, 5.74) is 4.56. The second kappa shape index (κ2) is 13.5. The number of para-hydroxylation sites is 1. The molecule has 1 saturated carbocycles. The molecule has 7 heterocycles. The molecule has 4 aromatic heterocycles. The Labute approximate surface area is 316 Å². The third kappa shape index (κ3) is 6.00. The molecule has 17 heteroatoms. The molecule has 4 aliphatic rings. The lowest BCUT2D eigenvalue weighted by molar-refractivity contribution is -0.135. The van der Waals surface area contributed by atoms with Gasteiger partial charge in [-0.3, -0.25) is 38.4 Å². The molecule has 3 amide bonds. The summed E-state index contributed by atoms with van der Waals surface area (Å²) >= 11 is 0. The van der Waals surface area contributed by atoms with Crippen LogP contribution in [0.2, 0.25) is 0 Å². The van der Waals surface area contributed by atoms with Gasteiger partial charge < -0.3 is 19.9 Å². The molecule has 288 valence electrons. The summed E-state index contributed by atoms with van der Waals surface area (Å²) in [6.45, 7) is 2.92. The van der Waals surface area contributed by atoms with Crippen LogP contribution in [0.5, 0.6) is 5.88 Å². The zero-order valence-electron chi connectivity index (χ0n) is 31.5. The predicted octanol–water partition coefficient (Wildman–Crippen LogP) is 2.58. The summed E-state index contributed by atoms with van der Waals surface area (Å²) in [6.07, 6.45) is 12.7. The monoisotopic (exact) mass is 750 g/mol. The minimum atomic E-state index is -0.702. The molecule has 3 saturated heterocycles. The standard InChI is InChI=1S/C38H46N12O5/c1-44(2)26-15-39-34-27(16-40-49(34)20-26)35(52)41-28-21-48(43-37(28)55-4)23-10-8-22(9-11-23)17-46-18-25-14-24(46)19-47(25)29-6-5-7-30-33(29)45(3)38(54)50(30)31-12-13-32(51)42-36(31)53/h5-7,15-16,20-25,31H,8-14,17-19H2,1-4H3,(H,41,52)(H,42,51,53)/t22-,23-,24?,25?,31?. The highest BCUT2D eigenvalue weighted by Crippen LogP contribution is 2.41. The molecule has 55 heavy (non-hydrogen) atoms. The number of imide groups is 1. The zero-order valence-corrected chi connectivity index (χ0v) is 31.5. The van der Waals surface area contributed by atoms with Crippen LogP contribution in [-0.2, 0) is 16.6 Å². The average molecular weight is 751 g/mol. The van der Waals surface area contributed by atoms with E-state index in [-0.39, 0.29) is 30.0 Å². The van der Waals surface area contributed by atoms with Crippen molar-refractivity contribution in [3.8, 4) is 5.88 Å². The third-order valence-corrected chi connectivity index (χ3v) is 12.2. The summed E-state index contributed by atoms with van der Waals surface area (Å²) in [4.78, 5) is 62.9. The van der Waals surface area contributed by atoms with Crippen LogP contribution < -0.4 is 30.9 Å². The Morgan fingerprint density at radius 3 is 2.56 bits per heavy atom. The molecule has 0 radical (unpaired) electrons. The maximum absolute atomic E-state index is 13.5. The van der Waals surface area contributed by atoms with Gasteiger partial charge in [-0.15, -0.1) is 5.10 Å². The molecule has 2 N–H and O–H groups in total. The Bertz CT molecular complexity index is 2380. The number of carbonyl (C=O) groups excluding carboxylic acids is 3. The Balaban J connectivity index is 0.823. The molecule has 17 nitrogen and oxygen atoms in total. The van der Waals surface area contributed by atoms with Gasteiger partial charge in [0.25, 0.3) is 11.8 Å². The molecular weight excluding hydrogens is 704 g/mol. The number of anilines is 3. The average Bonchev–Trinajstić information content (AvgIpc) is 4.01. The summed E-state index contributed by atoms with van der Waals surface area (Å²) < 4.78 is 12.3. The summed E-state index contributed by atoms with van der Waals surface area (Å²) in [5, 5.41) is 14.4. The highest BCUT2D eigenvalue weighted by atomic mass is 16.5. The number of aryl methyl sites for hydroxylation is 1. The van der Waals surface area contributed by atoms with Gasteiger partial charge >= 0.3 is 5.69 Å². The smallest absolute Gasteiger partial charge is 0.329 e. The van der Waals surface area contributed by atoms with Gasteiger partial charge in [-0.25, -0.2) is 14.3 Å². The number of hydrogen-bond acceptors (Lipinski definition) is 11. The predicted molar refractivity (Wildman–Crippen MR) is 205 cm³/mol. The first-order valence-corrected chi connectivity index (χ1v) is 19.1. The maximum Gasteiger partial charge on any atom is 0.329 e. The minimum Gasteiger partial charge on any atom is -0.478 e. The fraction of sp³-hybridized carbons (Fsp3) is 0.500. The fourth-order valence-electron chi connectivity index (χ4n) is 9.32. The molecule has 1 aromatic carbocycles. The molecular formula is C38H46N12O5. The number of imidazole rings is 1. The molecule has 2 bridgehead atoms. The summed E-state index contributed by atoms with van der Waals surface area (Å²) in [5.74, 6) is -0.0865. The largest absolute Gasteiger partial charge is 0.478 e. The fourth-order valence-corrected chi connectivity index (χ4v) is 9.32. The van der Waals surface area contributed by atoms with Crippen molar-refractivity contribution in [3.63, 3.8) is 0 Å². The number of nitrogens with one attached hydrogen (secondary N) is 2. The number of hydrogen-bond donors (Lipinski definition) is 2. The Morgan fingerprint density at radius 1 is 1.02 bits per heavy atom. The van der Waals surface area contributed by atoms with Crippen LogP contribution in [0.3, 0.4) is 0 Å². The molecule has 3 aliphatic heterocycles. The van der Waals surface area contributed by atoms with E-state index < -0.39 is 11.9 Å². The van der Waals surface area contributed by atoms with Crippen molar-refractivity contribution in [1.82, 2.24) is 43.7 Å². The molecule has 3 atom stereocenters. The van der Waals surface area contributed by atoms with Crippen LogP contribution >= 0.6 is 0 Å².